The van der Waals surface area contributed by atoms with Crippen LogP contribution in [-0.2, 0) is 0 Å². The zero-order valence-corrected chi connectivity index (χ0v) is 12.0. The molecule has 1 aromatic heterocycles. The van der Waals surface area contributed by atoms with Crippen LogP contribution in [0.3, 0.4) is 0 Å². The average molecular weight is 290 g/mol. The number of benzene rings is 2. The summed E-state index contributed by atoms with van der Waals surface area (Å²) in [6.45, 7) is 1.98. The molecule has 0 bridgehead atoms. The summed E-state index contributed by atoms with van der Waals surface area (Å²) in [5.41, 5.74) is 12.5. The average Bonchev–Trinajstić information content (AvgIpc) is 3.04. The molecule has 0 aliphatic heterocycles. The Labute approximate surface area is 127 Å². The number of aryl methyl sites for hydroxylation is 1. The Morgan fingerprint density at radius 1 is 1.09 bits per heavy atom. The van der Waals surface area contributed by atoms with E-state index in [-0.39, 0.29) is 0 Å². The molecule has 0 spiro atoms. The molecule has 1 unspecified atom stereocenters. The highest BCUT2D eigenvalue weighted by molar-refractivity contribution is 5.57. The van der Waals surface area contributed by atoms with Gasteiger partial charge in [-0.15, -0.1) is 5.10 Å². The highest BCUT2D eigenvalue weighted by Gasteiger charge is 2.16. The summed E-state index contributed by atoms with van der Waals surface area (Å²) >= 11 is 0. The smallest absolute Gasteiger partial charge is 0.157 e. The number of rotatable bonds is 4. The summed E-state index contributed by atoms with van der Waals surface area (Å²) in [6.07, 6.45) is 1.25. The minimum absolute atomic E-state index is 0.545. The Morgan fingerprint density at radius 2 is 1.82 bits per heavy atom. The molecule has 0 N–H and O–H groups in total. The number of azide groups is 1. The van der Waals surface area contributed by atoms with E-state index >= 15 is 0 Å². The van der Waals surface area contributed by atoms with Gasteiger partial charge in [-0.3, -0.25) is 0 Å². The summed E-state index contributed by atoms with van der Waals surface area (Å²) in [7, 11) is 0. The summed E-state index contributed by atoms with van der Waals surface area (Å²) in [5.74, 6) is 0. The SMILES string of the molecule is Cc1ccccc1C(N=[N+]=[N-])n1cc(-c2ccccc2)nn1. The van der Waals surface area contributed by atoms with Crippen molar-refractivity contribution in [2.24, 2.45) is 5.11 Å². The van der Waals surface area contributed by atoms with E-state index in [1.165, 1.54) is 0 Å². The van der Waals surface area contributed by atoms with E-state index in [9.17, 15) is 0 Å². The molecule has 0 radical (unpaired) electrons. The molecule has 6 nitrogen and oxygen atoms in total. The molecular formula is C16H14N6. The molecule has 0 amide bonds. The van der Waals surface area contributed by atoms with E-state index in [2.05, 4.69) is 20.3 Å². The normalized spacial score (nSPS) is 11.7. The van der Waals surface area contributed by atoms with Crippen molar-refractivity contribution in [3.8, 4) is 11.3 Å². The molecular weight excluding hydrogens is 276 g/mol. The predicted octanol–water partition coefficient (Wildman–Crippen LogP) is 4.11. The lowest BCUT2D eigenvalue weighted by Crippen LogP contribution is -2.09. The Bertz CT molecular complexity index is 817. The van der Waals surface area contributed by atoms with Crippen LogP contribution in [0.2, 0.25) is 0 Å². The summed E-state index contributed by atoms with van der Waals surface area (Å²) < 4.78 is 1.59. The molecule has 0 aliphatic carbocycles. The van der Waals surface area contributed by atoms with Gasteiger partial charge in [-0.2, -0.15) is 0 Å². The maximum Gasteiger partial charge on any atom is 0.157 e. The lowest BCUT2D eigenvalue weighted by Gasteiger charge is -2.13. The van der Waals surface area contributed by atoms with Gasteiger partial charge in [0.2, 0.25) is 0 Å². The van der Waals surface area contributed by atoms with Gasteiger partial charge in [0, 0.05) is 10.5 Å². The molecule has 2 aromatic carbocycles. The molecule has 1 atom stereocenters. The maximum atomic E-state index is 8.87. The van der Waals surface area contributed by atoms with E-state index in [1.807, 2.05) is 61.5 Å². The molecule has 0 aliphatic rings. The molecule has 0 saturated heterocycles. The molecule has 3 rings (SSSR count). The van der Waals surface area contributed by atoms with Crippen molar-refractivity contribution in [1.82, 2.24) is 15.0 Å². The molecule has 0 saturated carbocycles. The fourth-order valence-electron chi connectivity index (χ4n) is 2.32. The first-order valence-electron chi connectivity index (χ1n) is 6.86. The second kappa shape index (κ2) is 6.11. The van der Waals surface area contributed by atoms with Gasteiger partial charge in [0.15, 0.2) is 6.17 Å². The molecule has 3 aromatic rings. The minimum atomic E-state index is -0.545. The third-order valence-electron chi connectivity index (χ3n) is 3.46. The largest absolute Gasteiger partial charge is 0.238 e. The first kappa shape index (κ1) is 13.9. The second-order valence-electron chi connectivity index (χ2n) is 4.88. The molecule has 1 heterocycles. The van der Waals surface area contributed by atoms with Crippen LogP contribution in [0.5, 0.6) is 0 Å². The monoisotopic (exact) mass is 290 g/mol. The summed E-state index contributed by atoms with van der Waals surface area (Å²) in [6, 6.07) is 17.5. The van der Waals surface area contributed by atoms with Crippen LogP contribution < -0.4 is 0 Å². The Balaban J connectivity index is 2.02. The van der Waals surface area contributed by atoms with Gasteiger partial charge in [0.05, 0.1) is 6.20 Å². The first-order valence-corrected chi connectivity index (χ1v) is 6.86. The zero-order valence-electron chi connectivity index (χ0n) is 12.0. The Kier molecular flexibility index (Phi) is 3.85. The van der Waals surface area contributed by atoms with Crippen LogP contribution in [-0.4, -0.2) is 15.0 Å². The van der Waals surface area contributed by atoms with E-state index in [0.717, 1.165) is 22.4 Å². The van der Waals surface area contributed by atoms with Crippen molar-refractivity contribution in [2.75, 3.05) is 0 Å². The van der Waals surface area contributed by atoms with Crippen molar-refractivity contribution in [3.05, 3.63) is 82.4 Å². The fraction of sp³-hybridized carbons (Fsp3) is 0.125. The van der Waals surface area contributed by atoms with Crippen molar-refractivity contribution >= 4 is 0 Å². The van der Waals surface area contributed by atoms with Gasteiger partial charge in [-0.05, 0) is 23.6 Å². The van der Waals surface area contributed by atoms with Crippen LogP contribution >= 0.6 is 0 Å². The highest BCUT2D eigenvalue weighted by Crippen LogP contribution is 2.24. The Morgan fingerprint density at radius 3 is 2.55 bits per heavy atom. The second-order valence-corrected chi connectivity index (χ2v) is 4.88. The van der Waals surface area contributed by atoms with Gasteiger partial charge < -0.3 is 0 Å². The van der Waals surface area contributed by atoms with Crippen molar-refractivity contribution in [1.29, 1.82) is 0 Å². The predicted molar refractivity (Wildman–Crippen MR) is 83.9 cm³/mol. The molecule has 108 valence electrons. The lowest BCUT2D eigenvalue weighted by atomic mass is 10.1. The molecule has 0 fully saturated rings. The standard InChI is InChI=1S/C16H14N6/c1-12-7-5-6-10-14(12)16(19-20-17)22-11-15(18-21-22)13-8-3-2-4-9-13/h2-11,16H,1H3. The van der Waals surface area contributed by atoms with Crippen LogP contribution in [0, 0.1) is 6.92 Å². The van der Waals surface area contributed by atoms with Gasteiger partial charge in [0.25, 0.3) is 0 Å². The van der Waals surface area contributed by atoms with Crippen molar-refractivity contribution in [3.63, 3.8) is 0 Å². The maximum absolute atomic E-state index is 8.87. The first-order chi connectivity index (χ1) is 10.8. The van der Waals surface area contributed by atoms with Gasteiger partial charge in [-0.25, -0.2) is 4.68 Å². The minimum Gasteiger partial charge on any atom is -0.238 e. The quantitative estimate of drug-likeness (QED) is 0.411. The fourth-order valence-corrected chi connectivity index (χ4v) is 2.32. The summed E-state index contributed by atoms with van der Waals surface area (Å²) in [5, 5.41) is 12.2. The van der Waals surface area contributed by atoms with Crippen molar-refractivity contribution < 1.29 is 0 Å². The van der Waals surface area contributed by atoms with Crippen LogP contribution in [0.4, 0.5) is 0 Å². The number of hydrogen-bond acceptors (Lipinski definition) is 3. The van der Waals surface area contributed by atoms with E-state index in [4.69, 9.17) is 5.53 Å². The lowest BCUT2D eigenvalue weighted by molar-refractivity contribution is 0.518. The van der Waals surface area contributed by atoms with E-state index < -0.39 is 6.17 Å². The van der Waals surface area contributed by atoms with Gasteiger partial charge >= 0.3 is 0 Å². The van der Waals surface area contributed by atoms with E-state index in [0.29, 0.717) is 0 Å². The van der Waals surface area contributed by atoms with Gasteiger partial charge in [-0.1, -0.05) is 64.9 Å². The van der Waals surface area contributed by atoms with Crippen LogP contribution in [0.25, 0.3) is 21.7 Å². The Hall–Kier alpha value is -3.11. The molecule has 6 heteroatoms. The summed E-state index contributed by atoms with van der Waals surface area (Å²) in [4.78, 5) is 2.95. The van der Waals surface area contributed by atoms with Crippen LogP contribution in [0.15, 0.2) is 65.9 Å². The van der Waals surface area contributed by atoms with Crippen LogP contribution in [0.1, 0.15) is 17.3 Å². The number of nitrogens with zero attached hydrogens (tertiary/aromatic N) is 6. The van der Waals surface area contributed by atoms with E-state index in [1.54, 1.807) is 10.9 Å². The number of hydrogen-bond donors (Lipinski definition) is 0. The third kappa shape index (κ3) is 2.68. The van der Waals surface area contributed by atoms with Gasteiger partial charge in [0.1, 0.15) is 5.69 Å². The third-order valence-corrected chi connectivity index (χ3v) is 3.46. The number of aromatic nitrogens is 3. The zero-order chi connectivity index (χ0) is 15.4. The highest BCUT2D eigenvalue weighted by atomic mass is 15.5. The van der Waals surface area contributed by atoms with Crippen molar-refractivity contribution in [2.45, 2.75) is 13.1 Å². The molecule has 22 heavy (non-hydrogen) atoms. The topological polar surface area (TPSA) is 79.5 Å².